The average molecular weight is 267 g/mol. The second-order valence-corrected chi connectivity index (χ2v) is 5.74. The molecule has 0 aromatic rings. The zero-order valence-corrected chi connectivity index (χ0v) is 11.6. The van der Waals surface area contributed by atoms with Crippen molar-refractivity contribution in [2.45, 2.75) is 51.0 Å². The highest BCUT2D eigenvalue weighted by atomic mass is 16.2. The number of nitrogens with two attached hydrogens (primary N) is 1. The van der Waals surface area contributed by atoms with E-state index in [-0.39, 0.29) is 17.7 Å². The van der Waals surface area contributed by atoms with Gasteiger partial charge in [-0.3, -0.25) is 9.59 Å². The molecule has 0 spiro atoms. The first-order valence-electron chi connectivity index (χ1n) is 7.47. The van der Waals surface area contributed by atoms with Crippen LogP contribution in [0.3, 0.4) is 0 Å². The lowest BCUT2D eigenvalue weighted by molar-refractivity contribution is -0.135. The second kappa shape index (κ2) is 6.89. The van der Waals surface area contributed by atoms with E-state index in [0.29, 0.717) is 25.6 Å². The van der Waals surface area contributed by atoms with Crippen LogP contribution in [0, 0.1) is 5.92 Å². The summed E-state index contributed by atoms with van der Waals surface area (Å²) >= 11 is 0. The van der Waals surface area contributed by atoms with Crippen molar-refractivity contribution in [2.75, 3.05) is 19.6 Å². The van der Waals surface area contributed by atoms with Gasteiger partial charge in [0, 0.05) is 31.5 Å². The predicted molar refractivity (Wildman–Crippen MR) is 73.4 cm³/mol. The van der Waals surface area contributed by atoms with E-state index in [1.807, 2.05) is 4.90 Å². The quantitative estimate of drug-likeness (QED) is 0.784. The molecule has 0 aromatic carbocycles. The first-order chi connectivity index (χ1) is 9.16. The van der Waals surface area contributed by atoms with E-state index >= 15 is 0 Å². The molecule has 0 saturated carbocycles. The van der Waals surface area contributed by atoms with Gasteiger partial charge in [-0.2, -0.15) is 0 Å². The Bertz CT molecular complexity index is 319. The fraction of sp³-hybridized carbons (Fsp3) is 0.857. The predicted octanol–water partition coefficient (Wildman–Crippen LogP) is 0.633. The van der Waals surface area contributed by atoms with E-state index in [9.17, 15) is 9.59 Å². The minimum atomic E-state index is -0.224. The summed E-state index contributed by atoms with van der Waals surface area (Å²) in [5.74, 6) is -0.0298. The van der Waals surface area contributed by atoms with Gasteiger partial charge in [0.25, 0.3) is 0 Å². The SMILES string of the molecule is NC(=O)C1CCN(C(=O)CCC2CCCCN2)CC1. The van der Waals surface area contributed by atoms with Crippen molar-refractivity contribution in [3.8, 4) is 0 Å². The van der Waals surface area contributed by atoms with Crippen LogP contribution in [-0.4, -0.2) is 42.4 Å². The molecule has 108 valence electrons. The van der Waals surface area contributed by atoms with Crippen molar-refractivity contribution in [2.24, 2.45) is 11.7 Å². The molecular weight excluding hydrogens is 242 g/mol. The lowest BCUT2D eigenvalue weighted by atomic mass is 9.95. The monoisotopic (exact) mass is 267 g/mol. The van der Waals surface area contributed by atoms with Crippen LogP contribution in [0.15, 0.2) is 0 Å². The fourth-order valence-corrected chi connectivity index (χ4v) is 3.04. The fourth-order valence-electron chi connectivity index (χ4n) is 3.04. The molecule has 3 N–H and O–H groups in total. The van der Waals surface area contributed by atoms with Gasteiger partial charge in [-0.05, 0) is 38.6 Å². The minimum absolute atomic E-state index is 0.0379. The molecule has 2 aliphatic heterocycles. The summed E-state index contributed by atoms with van der Waals surface area (Å²) in [4.78, 5) is 25.1. The summed E-state index contributed by atoms with van der Waals surface area (Å²) < 4.78 is 0. The van der Waals surface area contributed by atoms with E-state index in [1.54, 1.807) is 0 Å². The molecule has 2 saturated heterocycles. The van der Waals surface area contributed by atoms with Crippen LogP contribution in [0.1, 0.15) is 44.9 Å². The molecule has 0 aromatic heterocycles. The van der Waals surface area contributed by atoms with Gasteiger partial charge in [0.15, 0.2) is 0 Å². The Labute approximate surface area is 114 Å². The molecule has 5 heteroatoms. The van der Waals surface area contributed by atoms with E-state index in [0.717, 1.165) is 25.8 Å². The third-order valence-electron chi connectivity index (χ3n) is 4.37. The summed E-state index contributed by atoms with van der Waals surface area (Å²) in [5, 5.41) is 3.47. The van der Waals surface area contributed by atoms with Gasteiger partial charge in [-0.15, -0.1) is 0 Å². The molecule has 5 nitrogen and oxygen atoms in total. The van der Waals surface area contributed by atoms with Crippen molar-refractivity contribution in [3.63, 3.8) is 0 Å². The highest BCUT2D eigenvalue weighted by Gasteiger charge is 2.26. The van der Waals surface area contributed by atoms with Gasteiger partial charge in [0.2, 0.25) is 11.8 Å². The molecule has 1 unspecified atom stereocenters. The number of nitrogens with zero attached hydrogens (tertiary/aromatic N) is 1. The molecule has 0 aliphatic carbocycles. The van der Waals surface area contributed by atoms with Crippen LogP contribution in [0.4, 0.5) is 0 Å². The maximum absolute atomic E-state index is 12.1. The topological polar surface area (TPSA) is 75.4 Å². The first kappa shape index (κ1) is 14.3. The van der Waals surface area contributed by atoms with E-state index in [4.69, 9.17) is 5.73 Å². The molecule has 19 heavy (non-hydrogen) atoms. The lowest BCUT2D eigenvalue weighted by Crippen LogP contribution is -2.42. The average Bonchev–Trinajstić information content (AvgIpc) is 2.46. The zero-order chi connectivity index (χ0) is 13.7. The Balaban J connectivity index is 1.67. The highest BCUT2D eigenvalue weighted by molar-refractivity contribution is 5.78. The number of likely N-dealkylation sites (tertiary alicyclic amines) is 1. The molecule has 2 amide bonds. The third kappa shape index (κ3) is 4.20. The maximum Gasteiger partial charge on any atom is 0.222 e. The summed E-state index contributed by atoms with van der Waals surface area (Å²) in [6.45, 7) is 2.46. The molecular formula is C14H25N3O2. The van der Waals surface area contributed by atoms with Gasteiger partial charge >= 0.3 is 0 Å². The van der Waals surface area contributed by atoms with Gasteiger partial charge in [-0.25, -0.2) is 0 Å². The Kier molecular flexibility index (Phi) is 5.19. The van der Waals surface area contributed by atoms with Gasteiger partial charge in [0.05, 0.1) is 0 Å². The van der Waals surface area contributed by atoms with Crippen molar-refractivity contribution >= 4 is 11.8 Å². The molecule has 0 radical (unpaired) electrons. The van der Waals surface area contributed by atoms with E-state index in [2.05, 4.69) is 5.32 Å². The standard InChI is InChI=1S/C14H25N3O2/c15-14(19)11-6-9-17(10-7-11)13(18)5-4-12-3-1-2-8-16-12/h11-12,16H,1-10H2,(H2,15,19). The Morgan fingerprint density at radius 1 is 1.16 bits per heavy atom. The van der Waals surface area contributed by atoms with Crippen molar-refractivity contribution < 1.29 is 9.59 Å². The first-order valence-corrected chi connectivity index (χ1v) is 7.47. The van der Waals surface area contributed by atoms with E-state index < -0.39 is 0 Å². The highest BCUT2D eigenvalue weighted by Crippen LogP contribution is 2.18. The smallest absolute Gasteiger partial charge is 0.222 e. The summed E-state index contributed by atoms with van der Waals surface area (Å²) in [6.07, 6.45) is 6.73. The van der Waals surface area contributed by atoms with Crippen LogP contribution in [0.5, 0.6) is 0 Å². The number of carbonyl (C=O) groups excluding carboxylic acids is 2. The number of nitrogens with one attached hydrogen (secondary N) is 1. The lowest BCUT2D eigenvalue weighted by Gasteiger charge is -2.31. The molecule has 0 bridgehead atoms. The molecule has 2 rings (SSSR count). The number of primary amides is 1. The second-order valence-electron chi connectivity index (χ2n) is 5.74. The molecule has 2 fully saturated rings. The van der Waals surface area contributed by atoms with Crippen LogP contribution in [-0.2, 0) is 9.59 Å². The van der Waals surface area contributed by atoms with Crippen LogP contribution < -0.4 is 11.1 Å². The molecule has 1 atom stereocenters. The normalized spacial score (nSPS) is 25.3. The molecule has 2 heterocycles. The Morgan fingerprint density at radius 3 is 2.47 bits per heavy atom. The van der Waals surface area contributed by atoms with Crippen LogP contribution >= 0.6 is 0 Å². The number of carbonyl (C=O) groups is 2. The molecule has 2 aliphatic rings. The van der Waals surface area contributed by atoms with Crippen molar-refractivity contribution in [1.29, 1.82) is 0 Å². The number of hydrogen-bond acceptors (Lipinski definition) is 3. The van der Waals surface area contributed by atoms with E-state index in [1.165, 1.54) is 19.3 Å². The van der Waals surface area contributed by atoms with Crippen molar-refractivity contribution in [3.05, 3.63) is 0 Å². The van der Waals surface area contributed by atoms with Gasteiger partial charge < -0.3 is 16.0 Å². The van der Waals surface area contributed by atoms with Crippen LogP contribution in [0.2, 0.25) is 0 Å². The number of rotatable bonds is 4. The number of piperidine rings is 2. The summed E-state index contributed by atoms with van der Waals surface area (Å²) in [5.41, 5.74) is 5.29. The Hall–Kier alpha value is -1.10. The summed E-state index contributed by atoms with van der Waals surface area (Å²) in [7, 11) is 0. The minimum Gasteiger partial charge on any atom is -0.369 e. The number of hydrogen-bond donors (Lipinski definition) is 2. The maximum atomic E-state index is 12.1. The van der Waals surface area contributed by atoms with Gasteiger partial charge in [0.1, 0.15) is 0 Å². The Morgan fingerprint density at radius 2 is 1.89 bits per heavy atom. The number of amides is 2. The van der Waals surface area contributed by atoms with Crippen LogP contribution in [0.25, 0.3) is 0 Å². The largest absolute Gasteiger partial charge is 0.369 e. The zero-order valence-electron chi connectivity index (χ0n) is 11.6. The third-order valence-corrected chi connectivity index (χ3v) is 4.37. The van der Waals surface area contributed by atoms with Crippen molar-refractivity contribution in [1.82, 2.24) is 10.2 Å². The van der Waals surface area contributed by atoms with Gasteiger partial charge in [-0.1, -0.05) is 6.42 Å². The summed E-state index contributed by atoms with van der Waals surface area (Å²) in [6, 6.07) is 0.515.